The number of carbonyl (C=O) groups is 1. The summed E-state index contributed by atoms with van der Waals surface area (Å²) in [5.41, 5.74) is 4.73. The van der Waals surface area contributed by atoms with Crippen molar-refractivity contribution in [3.05, 3.63) is 88.4 Å². The van der Waals surface area contributed by atoms with Gasteiger partial charge in [-0.05, 0) is 54.1 Å². The number of nitrogens with two attached hydrogens (primary N) is 1. The summed E-state index contributed by atoms with van der Waals surface area (Å²) in [6.45, 7) is 0.376. The van der Waals surface area contributed by atoms with E-state index in [1.165, 1.54) is 12.1 Å². The van der Waals surface area contributed by atoms with Gasteiger partial charge in [0.25, 0.3) is 5.95 Å². The average Bonchev–Trinajstić information content (AvgIpc) is 3.26. The van der Waals surface area contributed by atoms with Gasteiger partial charge >= 0.3 is 6.36 Å². The number of carbonyl (C=O) groups excluding carboxylic acids is 1. The molecular weight excluding hydrogens is 615 g/mol. The summed E-state index contributed by atoms with van der Waals surface area (Å²) >= 11 is 4.45. The Bertz CT molecular complexity index is 1480. The van der Waals surface area contributed by atoms with Crippen LogP contribution in [0.3, 0.4) is 0 Å². The number of thioether (sulfide) groups is 1. The van der Waals surface area contributed by atoms with Crippen molar-refractivity contribution in [1.82, 2.24) is 14.9 Å². The molecule has 1 heterocycles. The van der Waals surface area contributed by atoms with E-state index in [1.54, 1.807) is 6.21 Å². The maximum Gasteiger partial charge on any atom is 0.573 e. The number of nitrogen functional groups attached to an aromatic ring is 1. The number of amides is 1. The monoisotopic (exact) mass is 635 g/mol. The minimum Gasteiger partial charge on any atom is -0.488 e. The normalized spacial score (nSPS) is 11.4. The molecule has 4 rings (SSSR count). The van der Waals surface area contributed by atoms with E-state index < -0.39 is 18.0 Å². The molecule has 0 atom stereocenters. The topological polar surface area (TPSA) is 129 Å². The molecule has 0 spiro atoms. The standard InChI is InChI=1S/C25H21BrF3N7O3S/c26-18-6-3-4-16(12-18)14-38-21-7-2-1-5-17(21)13-31-33-23-34-35-24(36(23)30)40-15-22(37)32-19-8-10-20(11-9-19)39-25(27,28)29/h1-13H,14-15,30H2,(H,32,37)(H,33,34)/b31-13+. The third-order valence-corrected chi connectivity index (χ3v) is 6.38. The fourth-order valence-electron chi connectivity index (χ4n) is 3.18. The van der Waals surface area contributed by atoms with Crippen LogP contribution in [0.2, 0.25) is 0 Å². The molecule has 0 aliphatic rings. The van der Waals surface area contributed by atoms with E-state index >= 15 is 0 Å². The number of rotatable bonds is 11. The van der Waals surface area contributed by atoms with E-state index in [4.69, 9.17) is 10.6 Å². The van der Waals surface area contributed by atoms with E-state index in [2.05, 4.69) is 46.7 Å². The third-order valence-electron chi connectivity index (χ3n) is 4.94. The number of ether oxygens (including phenoxy) is 2. The number of hydrogen-bond acceptors (Lipinski definition) is 9. The van der Waals surface area contributed by atoms with Crippen molar-refractivity contribution in [2.45, 2.75) is 18.1 Å². The Morgan fingerprint density at radius 1 is 1.10 bits per heavy atom. The van der Waals surface area contributed by atoms with E-state index in [-0.39, 0.29) is 16.9 Å². The van der Waals surface area contributed by atoms with Crippen LogP contribution in [0.15, 0.2) is 87.5 Å². The summed E-state index contributed by atoms with van der Waals surface area (Å²) in [5.74, 6) is 5.87. The zero-order valence-corrected chi connectivity index (χ0v) is 22.8. The Morgan fingerprint density at radius 2 is 1.88 bits per heavy atom. The minimum absolute atomic E-state index is 0.0812. The van der Waals surface area contributed by atoms with Crippen LogP contribution in [-0.2, 0) is 11.4 Å². The first kappa shape index (κ1) is 28.8. The van der Waals surface area contributed by atoms with Crippen LogP contribution in [0, 0.1) is 0 Å². The molecule has 0 saturated heterocycles. The summed E-state index contributed by atoms with van der Waals surface area (Å²) in [6.07, 6.45) is -3.24. The van der Waals surface area contributed by atoms with Gasteiger partial charge in [0.15, 0.2) is 0 Å². The predicted octanol–water partition coefficient (Wildman–Crippen LogP) is 5.41. The van der Waals surface area contributed by atoms with Crippen molar-refractivity contribution < 1.29 is 27.4 Å². The molecule has 3 aromatic carbocycles. The maximum atomic E-state index is 12.3. The first-order chi connectivity index (χ1) is 19.2. The van der Waals surface area contributed by atoms with Crippen molar-refractivity contribution >= 4 is 51.4 Å². The largest absolute Gasteiger partial charge is 0.573 e. The molecular formula is C25H21BrF3N7O3S. The first-order valence-corrected chi connectivity index (χ1v) is 13.2. The van der Waals surface area contributed by atoms with E-state index in [9.17, 15) is 18.0 Å². The van der Waals surface area contributed by atoms with Gasteiger partial charge in [-0.2, -0.15) is 5.10 Å². The number of anilines is 2. The summed E-state index contributed by atoms with van der Waals surface area (Å²) in [7, 11) is 0. The van der Waals surface area contributed by atoms with Gasteiger partial charge in [0, 0.05) is 15.7 Å². The quantitative estimate of drug-likeness (QED) is 0.0864. The van der Waals surface area contributed by atoms with Gasteiger partial charge in [0.2, 0.25) is 11.1 Å². The highest BCUT2D eigenvalue weighted by Gasteiger charge is 2.31. The van der Waals surface area contributed by atoms with Gasteiger partial charge < -0.3 is 20.6 Å². The Kier molecular flexibility index (Phi) is 9.50. The lowest BCUT2D eigenvalue weighted by Gasteiger charge is -2.10. The predicted molar refractivity (Wildman–Crippen MR) is 149 cm³/mol. The van der Waals surface area contributed by atoms with Crippen LogP contribution < -0.4 is 26.1 Å². The summed E-state index contributed by atoms with van der Waals surface area (Å²) in [4.78, 5) is 12.2. The Morgan fingerprint density at radius 3 is 2.62 bits per heavy atom. The fourth-order valence-corrected chi connectivity index (χ4v) is 4.29. The molecule has 0 bridgehead atoms. The molecule has 1 aromatic heterocycles. The number of para-hydroxylation sites is 1. The SMILES string of the molecule is Nn1c(N/N=C/c2ccccc2OCc2cccc(Br)c2)nnc1SCC(=O)Nc1ccc(OC(F)(F)F)cc1. The van der Waals surface area contributed by atoms with E-state index in [0.717, 1.165) is 44.2 Å². The van der Waals surface area contributed by atoms with Gasteiger partial charge in [-0.15, -0.1) is 23.4 Å². The molecule has 40 heavy (non-hydrogen) atoms. The second-order valence-corrected chi connectivity index (χ2v) is 9.77. The average molecular weight is 636 g/mol. The first-order valence-electron chi connectivity index (χ1n) is 11.4. The molecule has 0 radical (unpaired) electrons. The Hall–Kier alpha value is -4.24. The van der Waals surface area contributed by atoms with Crippen LogP contribution in [-0.4, -0.2) is 39.1 Å². The fraction of sp³-hybridized carbons (Fsp3) is 0.120. The van der Waals surface area contributed by atoms with Crippen molar-refractivity contribution in [3.63, 3.8) is 0 Å². The Balaban J connectivity index is 1.28. The van der Waals surface area contributed by atoms with Crippen molar-refractivity contribution in [1.29, 1.82) is 0 Å². The molecule has 0 aliphatic carbocycles. The molecule has 0 saturated carbocycles. The lowest BCUT2D eigenvalue weighted by Crippen LogP contribution is -2.18. The summed E-state index contributed by atoms with van der Waals surface area (Å²) in [6, 6.07) is 20.0. The highest BCUT2D eigenvalue weighted by Crippen LogP contribution is 2.24. The maximum absolute atomic E-state index is 12.3. The number of nitrogens with zero attached hydrogens (tertiary/aromatic N) is 4. The number of nitrogens with one attached hydrogen (secondary N) is 2. The second kappa shape index (κ2) is 13.2. The smallest absolute Gasteiger partial charge is 0.488 e. The van der Waals surface area contributed by atoms with Crippen molar-refractivity contribution in [3.8, 4) is 11.5 Å². The molecule has 0 unspecified atom stereocenters. The molecule has 1 amide bonds. The van der Waals surface area contributed by atoms with Gasteiger partial charge in [-0.3, -0.25) is 4.79 Å². The third kappa shape index (κ3) is 8.64. The van der Waals surface area contributed by atoms with Crippen LogP contribution in [0.5, 0.6) is 11.5 Å². The lowest BCUT2D eigenvalue weighted by atomic mass is 10.2. The highest BCUT2D eigenvalue weighted by molar-refractivity contribution is 9.10. The van der Waals surface area contributed by atoms with Crippen LogP contribution in [0.1, 0.15) is 11.1 Å². The number of halogens is 4. The molecule has 0 fully saturated rings. The number of aromatic nitrogens is 3. The van der Waals surface area contributed by atoms with Gasteiger partial charge in [0.1, 0.15) is 18.1 Å². The van der Waals surface area contributed by atoms with Crippen LogP contribution >= 0.6 is 27.7 Å². The molecule has 4 N–H and O–H groups in total. The van der Waals surface area contributed by atoms with Gasteiger partial charge in [-0.1, -0.05) is 52.0 Å². The van der Waals surface area contributed by atoms with Gasteiger partial charge in [-0.25, -0.2) is 10.1 Å². The number of hydrogen-bond donors (Lipinski definition) is 3. The Labute approximate surface area is 238 Å². The van der Waals surface area contributed by atoms with E-state index in [0.29, 0.717) is 18.0 Å². The number of hydrazone groups is 1. The highest BCUT2D eigenvalue weighted by atomic mass is 79.9. The molecule has 15 heteroatoms. The van der Waals surface area contributed by atoms with Crippen LogP contribution in [0.25, 0.3) is 0 Å². The van der Waals surface area contributed by atoms with Gasteiger partial charge in [0.05, 0.1) is 12.0 Å². The molecule has 0 aliphatic heterocycles. The summed E-state index contributed by atoms with van der Waals surface area (Å²) in [5, 5.41) is 14.8. The minimum atomic E-state index is -4.79. The van der Waals surface area contributed by atoms with Crippen molar-refractivity contribution in [2.75, 3.05) is 22.3 Å². The van der Waals surface area contributed by atoms with Crippen molar-refractivity contribution in [2.24, 2.45) is 5.10 Å². The number of benzene rings is 3. The molecule has 4 aromatic rings. The second-order valence-electron chi connectivity index (χ2n) is 7.91. The summed E-state index contributed by atoms with van der Waals surface area (Å²) < 4.78 is 48.6. The lowest BCUT2D eigenvalue weighted by molar-refractivity contribution is -0.274. The van der Waals surface area contributed by atoms with E-state index in [1.807, 2.05) is 48.5 Å². The molecule has 208 valence electrons. The zero-order chi connectivity index (χ0) is 28.5. The zero-order valence-electron chi connectivity index (χ0n) is 20.4. The van der Waals surface area contributed by atoms with Crippen LogP contribution in [0.4, 0.5) is 24.8 Å². The number of alkyl halides is 3. The molecule has 10 nitrogen and oxygen atoms in total.